The van der Waals surface area contributed by atoms with Crippen LogP contribution in [0.15, 0.2) is 0 Å². The lowest BCUT2D eigenvalue weighted by Crippen LogP contribution is -2.49. The van der Waals surface area contributed by atoms with Crippen LogP contribution in [-0.4, -0.2) is 35.7 Å². The highest BCUT2D eigenvalue weighted by Crippen LogP contribution is 2.22. The van der Waals surface area contributed by atoms with Crippen LogP contribution in [0.2, 0.25) is 0 Å². The summed E-state index contributed by atoms with van der Waals surface area (Å²) in [6, 6.07) is -0.0276. The summed E-state index contributed by atoms with van der Waals surface area (Å²) in [4.78, 5) is 20.8. The zero-order chi connectivity index (χ0) is 9.84. The molecule has 0 aliphatic heterocycles. The van der Waals surface area contributed by atoms with E-state index in [-0.39, 0.29) is 12.1 Å². The van der Waals surface area contributed by atoms with Gasteiger partial charge in [-0.25, -0.2) is 4.79 Å². The van der Waals surface area contributed by atoms with Gasteiger partial charge in [0.2, 0.25) is 0 Å². The maximum absolute atomic E-state index is 10.7. The minimum Gasteiger partial charge on any atom is -0.474 e. The van der Waals surface area contributed by atoms with Crippen molar-refractivity contribution in [3.8, 4) is 0 Å². The minimum atomic E-state index is -1.43. The molecule has 0 bridgehead atoms. The molecule has 13 heavy (non-hydrogen) atoms. The highest BCUT2D eigenvalue weighted by atomic mass is 16.5. The number of rotatable bonds is 3. The number of carboxylic acids is 1. The van der Waals surface area contributed by atoms with Crippen LogP contribution in [0.5, 0.6) is 0 Å². The van der Waals surface area contributed by atoms with Crippen molar-refractivity contribution in [3.05, 3.63) is 0 Å². The molecular weight excluding hydrogens is 174 g/mol. The first-order valence-corrected chi connectivity index (χ1v) is 4.29. The number of carbonyl (C=O) groups excluding carboxylic acids is 1. The number of carboxylic acid groups (broad SMARTS) is 1. The van der Waals surface area contributed by atoms with Crippen molar-refractivity contribution in [1.29, 1.82) is 0 Å². The molecule has 0 heterocycles. The fourth-order valence-electron chi connectivity index (χ4n) is 1.30. The third-order valence-corrected chi connectivity index (χ3v) is 2.03. The first-order valence-electron chi connectivity index (χ1n) is 4.29. The van der Waals surface area contributed by atoms with E-state index in [0.29, 0.717) is 19.4 Å². The van der Waals surface area contributed by atoms with E-state index in [1.165, 1.54) is 0 Å². The molecule has 1 aliphatic rings. The zero-order valence-electron chi connectivity index (χ0n) is 7.45. The second kappa shape index (κ2) is 4.23. The Morgan fingerprint density at radius 3 is 2.62 bits per heavy atom. The van der Waals surface area contributed by atoms with Crippen molar-refractivity contribution in [2.45, 2.75) is 31.9 Å². The number of aliphatic carboxylic acids is 1. The van der Waals surface area contributed by atoms with Crippen LogP contribution in [0.1, 0.15) is 19.8 Å². The maximum atomic E-state index is 10.7. The molecule has 0 saturated heterocycles. The van der Waals surface area contributed by atoms with E-state index in [1.807, 2.05) is 6.92 Å². The Hall–Kier alpha value is -1.10. The predicted octanol–water partition coefficient (Wildman–Crippen LogP) is -0.245. The smallest absolute Gasteiger partial charge is 0.394 e. The monoisotopic (exact) mass is 187 g/mol. The Morgan fingerprint density at radius 2 is 2.15 bits per heavy atom. The molecule has 1 rings (SSSR count). The van der Waals surface area contributed by atoms with Crippen LogP contribution in [0, 0.1) is 0 Å². The average molecular weight is 187 g/mol. The number of hydrogen-bond acceptors (Lipinski definition) is 3. The molecule has 0 aromatic carbocycles. The first-order chi connectivity index (χ1) is 6.13. The quantitative estimate of drug-likeness (QED) is 0.597. The molecule has 1 saturated carbocycles. The fraction of sp³-hybridized carbons (Fsp3) is 0.750. The van der Waals surface area contributed by atoms with E-state index in [4.69, 9.17) is 9.84 Å². The zero-order valence-corrected chi connectivity index (χ0v) is 7.45. The van der Waals surface area contributed by atoms with E-state index in [0.717, 1.165) is 0 Å². The normalized spacial score (nSPS) is 26.2. The summed E-state index contributed by atoms with van der Waals surface area (Å²) in [6.45, 7) is 2.56. The molecule has 5 heteroatoms. The Bertz CT molecular complexity index is 210. The number of carbonyl (C=O) groups is 2. The lowest BCUT2D eigenvalue weighted by molar-refractivity contribution is -0.151. The SMILES string of the molecule is CCOC1CC(NC(=O)C(=O)O)C1. The topological polar surface area (TPSA) is 75.6 Å². The van der Waals surface area contributed by atoms with E-state index in [1.54, 1.807) is 0 Å². The molecule has 0 atom stereocenters. The molecule has 2 N–H and O–H groups in total. The minimum absolute atomic E-state index is 0.0276. The Kier molecular flexibility index (Phi) is 3.25. The van der Waals surface area contributed by atoms with Gasteiger partial charge in [-0.15, -0.1) is 0 Å². The van der Waals surface area contributed by atoms with Gasteiger partial charge >= 0.3 is 11.9 Å². The average Bonchev–Trinajstić information content (AvgIpc) is 2.00. The van der Waals surface area contributed by atoms with E-state index >= 15 is 0 Å². The molecule has 1 amide bonds. The van der Waals surface area contributed by atoms with Gasteiger partial charge in [0.25, 0.3) is 0 Å². The molecule has 0 aromatic heterocycles. The van der Waals surface area contributed by atoms with Crippen molar-refractivity contribution in [3.63, 3.8) is 0 Å². The van der Waals surface area contributed by atoms with E-state index in [2.05, 4.69) is 5.32 Å². The summed E-state index contributed by atoms with van der Waals surface area (Å²) in [5, 5.41) is 10.7. The molecule has 0 unspecified atom stereocenters. The van der Waals surface area contributed by atoms with Crippen LogP contribution in [0.25, 0.3) is 0 Å². The van der Waals surface area contributed by atoms with Gasteiger partial charge in [-0.3, -0.25) is 4.79 Å². The van der Waals surface area contributed by atoms with Crippen molar-refractivity contribution in [2.75, 3.05) is 6.61 Å². The van der Waals surface area contributed by atoms with Crippen LogP contribution in [-0.2, 0) is 14.3 Å². The fourth-order valence-corrected chi connectivity index (χ4v) is 1.30. The van der Waals surface area contributed by atoms with Gasteiger partial charge in [0.15, 0.2) is 0 Å². The van der Waals surface area contributed by atoms with E-state index < -0.39 is 11.9 Å². The van der Waals surface area contributed by atoms with Gasteiger partial charge in [0, 0.05) is 12.6 Å². The molecule has 74 valence electrons. The highest BCUT2D eigenvalue weighted by Gasteiger charge is 2.31. The van der Waals surface area contributed by atoms with Gasteiger partial charge in [0.05, 0.1) is 6.10 Å². The summed E-state index contributed by atoms with van der Waals surface area (Å²) in [7, 11) is 0. The second-order valence-corrected chi connectivity index (χ2v) is 3.02. The van der Waals surface area contributed by atoms with Crippen LogP contribution in [0.3, 0.4) is 0 Å². The number of amides is 1. The summed E-state index contributed by atoms with van der Waals surface area (Å²) < 4.78 is 5.25. The van der Waals surface area contributed by atoms with E-state index in [9.17, 15) is 9.59 Å². The lowest BCUT2D eigenvalue weighted by Gasteiger charge is -2.34. The number of nitrogens with one attached hydrogen (secondary N) is 1. The molecule has 1 aliphatic carbocycles. The van der Waals surface area contributed by atoms with Crippen molar-refractivity contribution < 1.29 is 19.4 Å². The maximum Gasteiger partial charge on any atom is 0.394 e. The van der Waals surface area contributed by atoms with Gasteiger partial charge in [0.1, 0.15) is 0 Å². The Morgan fingerprint density at radius 1 is 1.54 bits per heavy atom. The Balaban J connectivity index is 2.14. The highest BCUT2D eigenvalue weighted by molar-refractivity contribution is 6.31. The lowest BCUT2D eigenvalue weighted by atomic mass is 9.89. The van der Waals surface area contributed by atoms with Gasteiger partial charge in [-0.1, -0.05) is 0 Å². The number of hydrogen-bond donors (Lipinski definition) is 2. The third-order valence-electron chi connectivity index (χ3n) is 2.03. The van der Waals surface area contributed by atoms with Crippen LogP contribution in [0.4, 0.5) is 0 Å². The van der Waals surface area contributed by atoms with Crippen molar-refractivity contribution in [2.24, 2.45) is 0 Å². The molecule has 0 spiro atoms. The summed E-state index contributed by atoms with van der Waals surface area (Å²) >= 11 is 0. The first kappa shape index (κ1) is 9.98. The summed E-state index contributed by atoms with van der Waals surface area (Å²) in [5.74, 6) is -2.36. The molecular formula is C8H13NO4. The van der Waals surface area contributed by atoms with Crippen molar-refractivity contribution in [1.82, 2.24) is 5.32 Å². The summed E-state index contributed by atoms with van der Waals surface area (Å²) in [6.07, 6.45) is 1.61. The second-order valence-electron chi connectivity index (χ2n) is 3.02. The van der Waals surface area contributed by atoms with Crippen molar-refractivity contribution >= 4 is 11.9 Å². The van der Waals surface area contributed by atoms with Crippen LogP contribution >= 0.6 is 0 Å². The van der Waals surface area contributed by atoms with Gasteiger partial charge in [-0.05, 0) is 19.8 Å². The summed E-state index contributed by atoms with van der Waals surface area (Å²) in [5.41, 5.74) is 0. The molecule has 1 fully saturated rings. The third kappa shape index (κ3) is 2.69. The molecule has 0 aromatic rings. The number of ether oxygens (including phenoxy) is 1. The van der Waals surface area contributed by atoms with Gasteiger partial charge in [-0.2, -0.15) is 0 Å². The molecule has 5 nitrogen and oxygen atoms in total. The van der Waals surface area contributed by atoms with Gasteiger partial charge < -0.3 is 15.2 Å². The standard InChI is InChI=1S/C8H13NO4/c1-2-13-6-3-5(4-6)9-7(10)8(11)12/h5-6H,2-4H2,1H3,(H,9,10)(H,11,12). The Labute approximate surface area is 76.1 Å². The van der Waals surface area contributed by atoms with Crippen LogP contribution < -0.4 is 5.32 Å². The molecule has 0 radical (unpaired) electrons. The predicted molar refractivity (Wildman–Crippen MR) is 44.2 cm³/mol. The largest absolute Gasteiger partial charge is 0.474 e.